The van der Waals surface area contributed by atoms with Gasteiger partial charge >= 0.3 is 24.3 Å². The lowest BCUT2D eigenvalue weighted by atomic mass is 9.43. The van der Waals surface area contributed by atoms with Gasteiger partial charge < -0.3 is 18.7 Å². The Morgan fingerprint density at radius 2 is 0.839 bits per heavy atom. The topological polar surface area (TPSA) is 65.0 Å². The highest BCUT2D eigenvalue weighted by molar-refractivity contribution is 6.78. The number of hydrogen-bond acceptors (Lipinski definition) is 5. The Labute approximate surface area is 556 Å². The Kier molecular flexibility index (Phi) is 24.6. The van der Waals surface area contributed by atoms with E-state index in [2.05, 4.69) is 109 Å². The lowest BCUT2D eigenvalue weighted by molar-refractivity contribution is -0.347. The Balaban J connectivity index is 0.000000247. The molecule has 1 aliphatic heterocycles. The van der Waals surface area contributed by atoms with Crippen molar-refractivity contribution in [3.05, 3.63) is 24.3 Å². The Bertz CT molecular complexity index is 2510. The van der Waals surface area contributed by atoms with Crippen molar-refractivity contribution in [2.45, 2.75) is 311 Å². The van der Waals surface area contributed by atoms with E-state index >= 15 is 0 Å². The highest BCUT2D eigenvalue weighted by Crippen LogP contribution is 2.71. The van der Waals surface area contributed by atoms with Crippen LogP contribution in [-0.2, 0) is 18.4 Å². The molecule has 0 radical (unpaired) electrons. The number of aliphatic hydroxyl groups is 1. The van der Waals surface area contributed by atoms with Crippen molar-refractivity contribution < 1.29 is 76.2 Å². The van der Waals surface area contributed by atoms with E-state index in [9.17, 15) is 62.6 Å². The molecule has 20 atom stereocenters. The third-order valence-electron chi connectivity index (χ3n) is 27.8. The molecule has 5 nitrogen and oxygen atoms in total. The second-order valence-electron chi connectivity index (χ2n) is 36.6. The summed E-state index contributed by atoms with van der Waals surface area (Å²) in [5, 5.41) is 9.99. The number of carbonyl (C=O) groups is 1. The van der Waals surface area contributed by atoms with E-state index in [0.717, 1.165) is 89.1 Å². The van der Waals surface area contributed by atoms with Crippen LogP contribution in [0.3, 0.4) is 0 Å². The Morgan fingerprint density at radius 3 is 1.14 bits per heavy atom. The van der Waals surface area contributed by atoms with Crippen molar-refractivity contribution in [3.63, 3.8) is 0 Å². The zero-order chi connectivity index (χ0) is 70.9. The minimum absolute atomic E-state index is 0.0328. The lowest BCUT2D eigenvalue weighted by Gasteiger charge is -2.64. The van der Waals surface area contributed by atoms with Crippen molar-refractivity contribution >= 4 is 30.5 Å². The number of rotatable bonds is 10. The molecule has 0 bridgehead atoms. The van der Waals surface area contributed by atoms with E-state index in [1.54, 1.807) is 13.0 Å². The standard InChI is InChI=1S/C33H54F6O2Si.C32H53F3O2Si.C4H9F3Si.C4H8O/c1-20-12-15-30(7)25-14-16-29(6)23(21(2)13-17-31(40,32(34,35)36)33(37,38)39)10-11-24(29)22(25)19-27(26(30)18-20)41-42(8,9)28(3,4)5;1-20-14-16-31(7)25-15-17-30(6)23(21(2)10-13-28(36)32(33,34)35)11-12-24(30)22(25)19-27(26(31)18-20)37-38(8,9)29(3,4)5;1-8(2,3)4(5,6)7;1-2-4-5-3-1/h13,17,20-27,40H,10-12,14-16,18-19H2,1-9H3;10,13,20-27H,11-12,14-19H2,1-9H3;1-3H3;1-4H2/b17-13+;13-10+;;/t20-,21-,22?,23-,24?,25?,26+,27+,29-,30-;20-,21-,22?,23-,24?,25?,26+,27+,30-,31-;;/m11../s1. The molecule has 1 N–H and O–H groups in total. The van der Waals surface area contributed by atoms with Crippen LogP contribution in [0.1, 0.15) is 213 Å². The first-order valence-corrected chi connectivity index (χ1v) is 45.1. The second-order valence-corrected chi connectivity index (χ2v) is 51.2. The van der Waals surface area contributed by atoms with E-state index in [-0.39, 0.29) is 50.3 Å². The van der Waals surface area contributed by atoms with Gasteiger partial charge in [0, 0.05) is 25.4 Å². The number of ketones is 1. The maximum absolute atomic E-state index is 13.4. The van der Waals surface area contributed by atoms with Crippen molar-refractivity contribution in [2.75, 3.05) is 13.2 Å². The summed E-state index contributed by atoms with van der Waals surface area (Å²) in [6.07, 6.45) is 7.75. The summed E-state index contributed by atoms with van der Waals surface area (Å²) < 4.78 is 173. The van der Waals surface area contributed by atoms with Gasteiger partial charge in [0.1, 0.15) is 0 Å². The van der Waals surface area contributed by atoms with Gasteiger partial charge in [-0.1, -0.05) is 142 Å². The van der Waals surface area contributed by atoms with E-state index < -0.39 is 66.3 Å². The lowest BCUT2D eigenvalue weighted by Crippen LogP contribution is -2.60. The van der Waals surface area contributed by atoms with Gasteiger partial charge in [-0.05, 0) is 256 Å². The van der Waals surface area contributed by atoms with Gasteiger partial charge in [0.25, 0.3) is 11.4 Å². The fourth-order valence-electron chi connectivity index (χ4n) is 19.9. The van der Waals surface area contributed by atoms with Gasteiger partial charge in [-0.15, -0.1) is 0 Å². The highest BCUT2D eigenvalue weighted by Gasteiger charge is 2.70. The fourth-order valence-corrected chi connectivity index (χ4v) is 22.6. The fraction of sp³-hybridized carbons (Fsp3) is 0.932. The first-order chi connectivity index (χ1) is 41.9. The molecule has 9 rings (SSSR count). The number of fused-ring (bicyclic) bond motifs is 10. The van der Waals surface area contributed by atoms with Crippen LogP contribution in [0.4, 0.5) is 52.7 Å². The van der Waals surface area contributed by atoms with Crippen molar-refractivity contribution in [1.82, 2.24) is 0 Å². The number of carbonyl (C=O) groups excluding carboxylic acids is 1. The maximum Gasteiger partial charge on any atom is 0.454 e. The summed E-state index contributed by atoms with van der Waals surface area (Å²) in [5.74, 6) is -0.0644. The monoisotopic (exact) mass is 1390 g/mol. The average molecular weight is 1390 g/mol. The van der Waals surface area contributed by atoms with Crippen LogP contribution >= 0.6 is 0 Å². The van der Waals surface area contributed by atoms with Crippen LogP contribution in [0.15, 0.2) is 24.3 Å². The summed E-state index contributed by atoms with van der Waals surface area (Å²) in [4.78, 5) is 11.5. The number of alkyl halides is 12. The molecule has 8 aliphatic carbocycles. The summed E-state index contributed by atoms with van der Waals surface area (Å²) in [5.41, 5.74) is -4.41. The zero-order valence-corrected chi connectivity index (χ0v) is 63.8. The minimum Gasteiger partial charge on any atom is -0.414 e. The SMILES string of the molecule is C1CCOC1.C[C@@H]1CC[C@]2(C)C3CC[C@@]4(C)C(CC[C@@H]4[C@H](C)/C=C/C(=O)C(F)(F)F)C3C[C@H](O[Si](C)(C)C(C)(C)C)[C@@H]2C1.C[C@@H]1CC[C@]2(C)C3CC[C@@]4(C)C(CC[C@@H]4[C@H](C)/C=C/C(O)(C(F)(F)F)C(F)(F)F)C3C[C@H](O[Si](C)(C)C(C)(C)C)[C@@H]2C1.C[Si](C)(C)C(F)(F)F. The van der Waals surface area contributed by atoms with E-state index in [1.165, 1.54) is 77.4 Å². The molecule has 9 aliphatic rings. The molecule has 8 saturated carbocycles. The molecule has 9 fully saturated rings. The Morgan fingerprint density at radius 1 is 0.505 bits per heavy atom. The van der Waals surface area contributed by atoms with Crippen LogP contribution in [0, 0.1) is 105 Å². The largest absolute Gasteiger partial charge is 0.454 e. The van der Waals surface area contributed by atoms with Crippen LogP contribution in [0.25, 0.3) is 0 Å². The van der Waals surface area contributed by atoms with Gasteiger partial charge in [0.15, 0.2) is 24.7 Å². The van der Waals surface area contributed by atoms with Crippen LogP contribution in [-0.4, -0.2) is 90.9 Å². The molecule has 6 unspecified atom stereocenters. The summed E-state index contributed by atoms with van der Waals surface area (Å²) in [6, 6.07) is 0. The summed E-state index contributed by atoms with van der Waals surface area (Å²) in [7, 11) is -6.83. The minimum atomic E-state index is -5.84. The van der Waals surface area contributed by atoms with Crippen molar-refractivity contribution in [2.24, 2.45) is 105 Å². The molecular formula is C73H124F12O5Si3. The predicted molar refractivity (Wildman–Crippen MR) is 358 cm³/mol. The first kappa shape index (κ1) is 80.8. The summed E-state index contributed by atoms with van der Waals surface area (Å²) in [6.45, 7) is 47.4. The van der Waals surface area contributed by atoms with Gasteiger partial charge in [-0.3, -0.25) is 4.79 Å². The van der Waals surface area contributed by atoms with Crippen LogP contribution in [0.5, 0.6) is 0 Å². The molecule has 0 aromatic heterocycles. The van der Waals surface area contributed by atoms with E-state index in [0.29, 0.717) is 70.7 Å². The number of hydrogen-bond donors (Lipinski definition) is 1. The smallest absolute Gasteiger partial charge is 0.414 e. The number of allylic oxidation sites excluding steroid dienone is 3. The predicted octanol–water partition coefficient (Wildman–Crippen LogP) is 23.2. The van der Waals surface area contributed by atoms with Crippen LogP contribution < -0.4 is 0 Å². The Hall–Kier alpha value is -1.20. The highest BCUT2D eigenvalue weighted by atomic mass is 28.4. The van der Waals surface area contributed by atoms with Gasteiger partial charge in [-0.2, -0.15) is 52.7 Å². The molecule has 0 aromatic rings. The van der Waals surface area contributed by atoms with Crippen molar-refractivity contribution in [3.8, 4) is 0 Å². The van der Waals surface area contributed by atoms with Crippen molar-refractivity contribution in [1.29, 1.82) is 0 Å². The van der Waals surface area contributed by atoms with E-state index in [4.69, 9.17) is 13.6 Å². The molecule has 1 saturated heterocycles. The third kappa shape index (κ3) is 16.9. The molecule has 542 valence electrons. The summed E-state index contributed by atoms with van der Waals surface area (Å²) >= 11 is 0. The van der Waals surface area contributed by atoms with Gasteiger partial charge in [0.05, 0.1) is 0 Å². The zero-order valence-electron chi connectivity index (χ0n) is 60.8. The van der Waals surface area contributed by atoms with Crippen LogP contribution in [0.2, 0.25) is 55.9 Å². The number of ether oxygens (including phenoxy) is 1. The third-order valence-corrected chi connectivity index (χ3v) is 38.5. The second kappa shape index (κ2) is 28.3. The molecule has 0 spiro atoms. The molecule has 0 aromatic carbocycles. The average Bonchev–Trinajstić information content (AvgIpc) is 1.71. The van der Waals surface area contributed by atoms with E-state index in [1.807, 2.05) is 6.92 Å². The normalized spacial score (nSPS) is 38.5. The molecule has 1 heterocycles. The molecule has 93 heavy (non-hydrogen) atoms. The van der Waals surface area contributed by atoms with Gasteiger partial charge in [-0.25, -0.2) is 0 Å². The number of halogens is 12. The molecule has 0 amide bonds. The molecular weight excluding hydrogens is 1270 g/mol. The maximum atomic E-state index is 13.4. The van der Waals surface area contributed by atoms with Gasteiger partial charge in [0.2, 0.25) is 0 Å². The quantitative estimate of drug-likeness (QED) is 0.102. The first-order valence-electron chi connectivity index (χ1n) is 35.8. The molecule has 20 heteroatoms.